The van der Waals surface area contributed by atoms with Gasteiger partial charge in [-0.1, -0.05) is 30.3 Å². The predicted molar refractivity (Wildman–Crippen MR) is 109 cm³/mol. The van der Waals surface area contributed by atoms with Crippen molar-refractivity contribution < 1.29 is 4.74 Å². The van der Waals surface area contributed by atoms with Gasteiger partial charge in [-0.25, -0.2) is 4.99 Å². The fraction of sp³-hybridized carbons (Fsp3) is 0.611. The average Bonchev–Trinajstić information content (AvgIpc) is 3.10. The Labute approximate surface area is 162 Å². The molecule has 2 aliphatic heterocycles. The molecule has 1 unspecified atom stereocenters. The van der Waals surface area contributed by atoms with Crippen LogP contribution in [0.2, 0.25) is 0 Å². The molecule has 3 rings (SSSR count). The number of likely N-dealkylation sites (tertiary alicyclic amines) is 1. The smallest absolute Gasteiger partial charge is 0.194 e. The number of hydrogen-bond acceptors (Lipinski definition) is 3. The van der Waals surface area contributed by atoms with Crippen LogP contribution in [0.1, 0.15) is 18.9 Å². The van der Waals surface area contributed by atoms with E-state index >= 15 is 0 Å². The van der Waals surface area contributed by atoms with Gasteiger partial charge in [-0.2, -0.15) is 0 Å². The maximum Gasteiger partial charge on any atom is 0.194 e. The highest BCUT2D eigenvalue weighted by molar-refractivity contribution is 14.0. The van der Waals surface area contributed by atoms with Crippen LogP contribution in [0, 0.1) is 0 Å². The first-order valence-corrected chi connectivity index (χ1v) is 8.76. The van der Waals surface area contributed by atoms with Crippen molar-refractivity contribution in [2.24, 2.45) is 4.99 Å². The van der Waals surface area contributed by atoms with E-state index in [9.17, 15) is 0 Å². The van der Waals surface area contributed by atoms with Crippen LogP contribution in [-0.2, 0) is 11.3 Å². The lowest BCUT2D eigenvalue weighted by Crippen LogP contribution is -2.46. The Morgan fingerprint density at radius 1 is 1.21 bits per heavy atom. The molecule has 2 heterocycles. The van der Waals surface area contributed by atoms with Crippen LogP contribution in [0.5, 0.6) is 0 Å². The molecular weight excluding hydrogens is 415 g/mol. The van der Waals surface area contributed by atoms with Crippen LogP contribution >= 0.6 is 24.0 Å². The molecule has 0 saturated carbocycles. The Balaban J connectivity index is 0.00000208. The SMILES string of the molecule is CCNC(=NCc1ccccc1)N1CCC(N2CCOCC2)C1.I. The summed E-state index contributed by atoms with van der Waals surface area (Å²) in [6.07, 6.45) is 1.22. The first-order chi connectivity index (χ1) is 11.4. The molecule has 134 valence electrons. The number of morpholine rings is 1. The quantitative estimate of drug-likeness (QED) is 0.439. The highest BCUT2D eigenvalue weighted by Gasteiger charge is 2.30. The summed E-state index contributed by atoms with van der Waals surface area (Å²) in [4.78, 5) is 9.82. The number of ether oxygens (including phenoxy) is 1. The number of halogens is 1. The summed E-state index contributed by atoms with van der Waals surface area (Å²) in [5, 5.41) is 3.45. The van der Waals surface area contributed by atoms with Crippen molar-refractivity contribution in [3.63, 3.8) is 0 Å². The maximum atomic E-state index is 5.47. The third-order valence-electron chi connectivity index (χ3n) is 4.61. The van der Waals surface area contributed by atoms with E-state index in [2.05, 4.69) is 46.3 Å². The second-order valence-corrected chi connectivity index (χ2v) is 6.19. The van der Waals surface area contributed by atoms with E-state index in [-0.39, 0.29) is 24.0 Å². The lowest BCUT2D eigenvalue weighted by molar-refractivity contribution is 0.0195. The van der Waals surface area contributed by atoms with Crippen LogP contribution in [0.4, 0.5) is 0 Å². The molecule has 0 aliphatic carbocycles. The van der Waals surface area contributed by atoms with E-state index < -0.39 is 0 Å². The van der Waals surface area contributed by atoms with Crippen LogP contribution in [-0.4, -0.2) is 67.7 Å². The average molecular weight is 444 g/mol. The molecular formula is C18H29IN4O. The Morgan fingerprint density at radius 2 is 1.96 bits per heavy atom. The molecule has 1 aromatic rings. The number of aliphatic imine (C=N–C) groups is 1. The van der Waals surface area contributed by atoms with Gasteiger partial charge in [0, 0.05) is 38.8 Å². The molecule has 2 fully saturated rings. The van der Waals surface area contributed by atoms with Crippen LogP contribution in [0.15, 0.2) is 35.3 Å². The Morgan fingerprint density at radius 3 is 2.67 bits per heavy atom. The lowest BCUT2D eigenvalue weighted by atomic mass is 10.2. The normalized spacial score (nSPS) is 22.3. The number of rotatable bonds is 4. The van der Waals surface area contributed by atoms with Gasteiger partial charge in [0.25, 0.3) is 0 Å². The van der Waals surface area contributed by atoms with Crippen LogP contribution in [0.3, 0.4) is 0 Å². The summed E-state index contributed by atoms with van der Waals surface area (Å²) in [7, 11) is 0. The molecule has 0 aromatic heterocycles. The van der Waals surface area contributed by atoms with E-state index in [4.69, 9.17) is 9.73 Å². The molecule has 1 aromatic carbocycles. The first kappa shape index (κ1) is 19.5. The molecule has 1 atom stereocenters. The first-order valence-electron chi connectivity index (χ1n) is 8.76. The minimum atomic E-state index is 0. The van der Waals surface area contributed by atoms with Gasteiger partial charge in [-0.3, -0.25) is 4.90 Å². The highest BCUT2D eigenvalue weighted by Crippen LogP contribution is 2.17. The second kappa shape index (κ2) is 10.2. The summed E-state index contributed by atoms with van der Waals surface area (Å²) in [5.41, 5.74) is 1.26. The van der Waals surface area contributed by atoms with Crippen molar-refractivity contribution >= 4 is 29.9 Å². The van der Waals surface area contributed by atoms with E-state index in [1.807, 2.05) is 6.07 Å². The van der Waals surface area contributed by atoms with Gasteiger partial charge < -0.3 is 15.0 Å². The summed E-state index contributed by atoms with van der Waals surface area (Å²) in [6, 6.07) is 11.1. The summed E-state index contributed by atoms with van der Waals surface area (Å²) in [6.45, 7) is 9.81. The largest absolute Gasteiger partial charge is 0.379 e. The zero-order valence-electron chi connectivity index (χ0n) is 14.5. The molecule has 2 saturated heterocycles. The number of nitrogens with one attached hydrogen (secondary N) is 1. The molecule has 6 heteroatoms. The van der Waals surface area contributed by atoms with Gasteiger partial charge in [0.05, 0.1) is 19.8 Å². The van der Waals surface area contributed by atoms with Crippen molar-refractivity contribution in [2.45, 2.75) is 25.9 Å². The summed E-state index contributed by atoms with van der Waals surface area (Å²) >= 11 is 0. The van der Waals surface area contributed by atoms with Gasteiger partial charge in [0.1, 0.15) is 0 Å². The summed E-state index contributed by atoms with van der Waals surface area (Å²) < 4.78 is 5.47. The third-order valence-corrected chi connectivity index (χ3v) is 4.61. The van der Waals surface area contributed by atoms with Gasteiger partial charge in [-0.15, -0.1) is 24.0 Å². The van der Waals surface area contributed by atoms with Crippen molar-refractivity contribution in [3.8, 4) is 0 Å². The van der Waals surface area contributed by atoms with Crippen LogP contribution in [0.25, 0.3) is 0 Å². The molecule has 0 spiro atoms. The van der Waals surface area contributed by atoms with Crippen molar-refractivity contribution in [1.29, 1.82) is 0 Å². The Bertz CT molecular complexity index is 505. The van der Waals surface area contributed by atoms with Gasteiger partial charge in [0.15, 0.2) is 5.96 Å². The van der Waals surface area contributed by atoms with Crippen molar-refractivity contribution in [3.05, 3.63) is 35.9 Å². The Kier molecular flexibility index (Phi) is 8.28. The molecule has 24 heavy (non-hydrogen) atoms. The zero-order valence-corrected chi connectivity index (χ0v) is 16.8. The monoisotopic (exact) mass is 444 g/mol. The maximum absolute atomic E-state index is 5.47. The number of nitrogens with zero attached hydrogens (tertiary/aromatic N) is 3. The van der Waals surface area contributed by atoms with E-state index in [1.54, 1.807) is 0 Å². The molecule has 0 radical (unpaired) electrons. The number of benzene rings is 1. The van der Waals surface area contributed by atoms with E-state index in [0.717, 1.165) is 58.4 Å². The van der Waals surface area contributed by atoms with Crippen molar-refractivity contribution in [1.82, 2.24) is 15.1 Å². The van der Waals surface area contributed by atoms with E-state index in [1.165, 1.54) is 12.0 Å². The van der Waals surface area contributed by atoms with Gasteiger partial charge >= 0.3 is 0 Å². The van der Waals surface area contributed by atoms with Gasteiger partial charge in [-0.05, 0) is 18.9 Å². The molecule has 0 amide bonds. The van der Waals surface area contributed by atoms with Gasteiger partial charge in [0.2, 0.25) is 0 Å². The Hall–Kier alpha value is -0.860. The molecule has 1 N–H and O–H groups in total. The second-order valence-electron chi connectivity index (χ2n) is 6.19. The fourth-order valence-corrected chi connectivity index (χ4v) is 3.35. The van der Waals surface area contributed by atoms with Crippen LogP contribution < -0.4 is 5.32 Å². The predicted octanol–water partition coefficient (Wildman–Crippen LogP) is 2.18. The minimum Gasteiger partial charge on any atom is -0.379 e. The third kappa shape index (κ3) is 5.32. The topological polar surface area (TPSA) is 40.1 Å². The number of hydrogen-bond donors (Lipinski definition) is 1. The van der Waals surface area contributed by atoms with Crippen molar-refractivity contribution in [2.75, 3.05) is 45.9 Å². The minimum absolute atomic E-state index is 0. The molecule has 2 aliphatic rings. The fourth-order valence-electron chi connectivity index (χ4n) is 3.35. The highest BCUT2D eigenvalue weighted by atomic mass is 127. The standard InChI is InChI=1S/C18H28N4O.HI/c1-2-19-18(20-14-16-6-4-3-5-7-16)22-9-8-17(15-22)21-10-12-23-13-11-21;/h3-7,17H,2,8-15H2,1H3,(H,19,20);1H. The lowest BCUT2D eigenvalue weighted by Gasteiger charge is -2.32. The van der Waals surface area contributed by atoms with E-state index in [0.29, 0.717) is 6.04 Å². The molecule has 5 nitrogen and oxygen atoms in total. The molecule has 0 bridgehead atoms. The number of guanidine groups is 1. The summed E-state index contributed by atoms with van der Waals surface area (Å²) in [5.74, 6) is 1.05. The zero-order chi connectivity index (χ0) is 15.9.